The fourth-order valence-corrected chi connectivity index (χ4v) is 3.57. The first-order valence-electron chi connectivity index (χ1n) is 7.68. The van der Waals surface area contributed by atoms with Gasteiger partial charge < -0.3 is 4.57 Å². The second kappa shape index (κ2) is 6.22. The molecule has 1 fully saturated rings. The van der Waals surface area contributed by atoms with E-state index in [4.69, 9.17) is 0 Å². The number of hydrogen-bond donors (Lipinski definition) is 1. The number of nitrogens with one attached hydrogen (secondary N) is 1. The van der Waals surface area contributed by atoms with E-state index in [0.29, 0.717) is 17.0 Å². The fourth-order valence-electron chi connectivity index (χ4n) is 2.89. The average molecular weight is 352 g/mol. The van der Waals surface area contributed by atoms with Crippen LogP contribution in [0.25, 0.3) is 17.0 Å². The van der Waals surface area contributed by atoms with Crippen LogP contribution in [-0.4, -0.2) is 15.7 Å². The van der Waals surface area contributed by atoms with Crippen LogP contribution in [0.1, 0.15) is 11.1 Å². The third kappa shape index (κ3) is 2.96. The van der Waals surface area contributed by atoms with E-state index in [1.807, 2.05) is 35.0 Å². The summed E-state index contributed by atoms with van der Waals surface area (Å²) in [7, 11) is 0. The molecule has 1 aliphatic heterocycles. The van der Waals surface area contributed by atoms with Gasteiger partial charge in [-0.25, -0.2) is 4.39 Å². The number of hydrogen-bond acceptors (Lipinski definition) is 3. The second-order valence-corrected chi connectivity index (χ2v) is 6.69. The Morgan fingerprint density at radius 2 is 1.84 bits per heavy atom. The van der Waals surface area contributed by atoms with Crippen LogP contribution in [0.3, 0.4) is 0 Å². The topological polar surface area (TPSA) is 51.1 Å². The van der Waals surface area contributed by atoms with Crippen molar-refractivity contribution in [2.24, 2.45) is 0 Å². The third-order valence-electron chi connectivity index (χ3n) is 4.05. The number of halogens is 1. The van der Waals surface area contributed by atoms with E-state index < -0.39 is 0 Å². The molecule has 2 amide bonds. The summed E-state index contributed by atoms with van der Waals surface area (Å²) in [5.74, 6) is -0.641. The minimum absolute atomic E-state index is 0.253. The Labute approximate surface area is 147 Å². The molecule has 2 aromatic carbocycles. The number of amides is 2. The highest BCUT2D eigenvalue weighted by Crippen LogP contribution is 2.30. The molecule has 4 nitrogen and oxygen atoms in total. The summed E-state index contributed by atoms with van der Waals surface area (Å²) in [4.78, 5) is 23.5. The first kappa shape index (κ1) is 15.7. The highest BCUT2D eigenvalue weighted by atomic mass is 32.2. The molecule has 1 aliphatic rings. The van der Waals surface area contributed by atoms with Gasteiger partial charge in [-0.1, -0.05) is 36.4 Å². The molecule has 2 heterocycles. The molecule has 1 N–H and O–H groups in total. The summed E-state index contributed by atoms with van der Waals surface area (Å²) in [6.45, 7) is 0.384. The molecule has 0 atom stereocenters. The first-order valence-corrected chi connectivity index (χ1v) is 8.49. The van der Waals surface area contributed by atoms with Crippen molar-refractivity contribution in [3.63, 3.8) is 0 Å². The van der Waals surface area contributed by atoms with Crippen LogP contribution in [0.5, 0.6) is 0 Å². The van der Waals surface area contributed by atoms with Gasteiger partial charge in [0.2, 0.25) is 0 Å². The Balaban J connectivity index is 1.79. The summed E-state index contributed by atoms with van der Waals surface area (Å²) in [6, 6.07) is 14.4. The summed E-state index contributed by atoms with van der Waals surface area (Å²) in [6.07, 6.45) is 3.58. The Hall–Kier alpha value is -2.86. The van der Waals surface area contributed by atoms with Gasteiger partial charge in [-0.2, -0.15) is 0 Å². The van der Waals surface area contributed by atoms with Gasteiger partial charge in [-0.15, -0.1) is 0 Å². The van der Waals surface area contributed by atoms with E-state index in [0.717, 1.165) is 28.2 Å². The van der Waals surface area contributed by atoms with E-state index in [1.165, 1.54) is 6.07 Å². The standard InChI is InChI=1S/C19H13FN2O2S/c20-15-7-3-1-5-12(15)10-22-11-13(14-6-2-4-8-16(14)22)9-17-18(23)21-19(24)25-17/h1-9,11H,10H2,(H,21,23,24)/b17-9+. The van der Waals surface area contributed by atoms with Crippen molar-refractivity contribution in [3.05, 3.63) is 76.6 Å². The molecular weight excluding hydrogens is 339 g/mol. The van der Waals surface area contributed by atoms with Crippen LogP contribution in [0.2, 0.25) is 0 Å². The van der Waals surface area contributed by atoms with E-state index in [1.54, 1.807) is 24.3 Å². The SMILES string of the molecule is O=C1NC(=O)/C(=C\c2cn(Cc3ccccc3F)c3ccccc23)S1. The van der Waals surface area contributed by atoms with Gasteiger partial charge >= 0.3 is 0 Å². The largest absolute Gasteiger partial charge is 0.342 e. The van der Waals surface area contributed by atoms with Gasteiger partial charge in [0.15, 0.2) is 0 Å². The summed E-state index contributed by atoms with van der Waals surface area (Å²) in [5.41, 5.74) is 2.34. The van der Waals surface area contributed by atoms with E-state index in [2.05, 4.69) is 5.32 Å². The number of imide groups is 1. The number of thioether (sulfide) groups is 1. The molecule has 1 aromatic heterocycles. The minimum Gasteiger partial charge on any atom is -0.342 e. The van der Waals surface area contributed by atoms with E-state index in [9.17, 15) is 14.0 Å². The molecule has 0 bridgehead atoms. The average Bonchev–Trinajstić information content (AvgIpc) is 3.10. The molecule has 0 aliphatic carbocycles. The van der Waals surface area contributed by atoms with Crippen LogP contribution in [0.4, 0.5) is 9.18 Å². The Bertz CT molecular complexity index is 1040. The molecule has 4 rings (SSSR count). The van der Waals surface area contributed by atoms with Crippen molar-refractivity contribution in [2.75, 3.05) is 0 Å². The van der Waals surface area contributed by atoms with Crippen LogP contribution >= 0.6 is 11.8 Å². The van der Waals surface area contributed by atoms with Gasteiger partial charge in [0.25, 0.3) is 11.1 Å². The number of nitrogens with zero attached hydrogens (tertiary/aromatic N) is 1. The summed E-state index contributed by atoms with van der Waals surface area (Å²) < 4.78 is 15.9. The van der Waals surface area contributed by atoms with Gasteiger partial charge in [0.1, 0.15) is 5.82 Å². The van der Waals surface area contributed by atoms with Crippen molar-refractivity contribution >= 4 is 39.9 Å². The van der Waals surface area contributed by atoms with Crippen molar-refractivity contribution < 1.29 is 14.0 Å². The maximum Gasteiger partial charge on any atom is 0.290 e. The highest BCUT2D eigenvalue weighted by molar-refractivity contribution is 8.18. The molecule has 124 valence electrons. The van der Waals surface area contributed by atoms with E-state index in [-0.39, 0.29) is 17.0 Å². The number of para-hydroxylation sites is 1. The molecule has 0 unspecified atom stereocenters. The lowest BCUT2D eigenvalue weighted by molar-refractivity contribution is -0.115. The number of carbonyl (C=O) groups excluding carboxylic acids is 2. The lowest BCUT2D eigenvalue weighted by atomic mass is 10.1. The molecular formula is C19H13FN2O2S. The molecule has 0 radical (unpaired) electrons. The lowest BCUT2D eigenvalue weighted by Gasteiger charge is -2.06. The van der Waals surface area contributed by atoms with Crippen molar-refractivity contribution in [1.82, 2.24) is 9.88 Å². The van der Waals surface area contributed by atoms with Crippen LogP contribution in [0.15, 0.2) is 59.6 Å². The van der Waals surface area contributed by atoms with Crippen molar-refractivity contribution in [3.8, 4) is 0 Å². The molecule has 1 saturated heterocycles. The minimum atomic E-state index is -0.388. The Kier molecular flexibility index (Phi) is 3.89. The van der Waals surface area contributed by atoms with E-state index >= 15 is 0 Å². The molecule has 3 aromatic rings. The quantitative estimate of drug-likeness (QED) is 0.721. The maximum absolute atomic E-state index is 14.0. The summed E-state index contributed by atoms with van der Waals surface area (Å²) in [5, 5.41) is 2.82. The fraction of sp³-hybridized carbons (Fsp3) is 0.0526. The number of benzene rings is 2. The zero-order valence-electron chi connectivity index (χ0n) is 13.0. The smallest absolute Gasteiger partial charge is 0.290 e. The Morgan fingerprint density at radius 1 is 1.08 bits per heavy atom. The first-order chi connectivity index (χ1) is 12.1. The highest BCUT2D eigenvalue weighted by Gasteiger charge is 2.25. The van der Waals surface area contributed by atoms with Crippen LogP contribution < -0.4 is 5.32 Å². The number of aromatic nitrogens is 1. The number of fused-ring (bicyclic) bond motifs is 1. The van der Waals surface area contributed by atoms with Gasteiger partial charge in [0.05, 0.1) is 11.4 Å². The zero-order valence-corrected chi connectivity index (χ0v) is 13.8. The van der Waals surface area contributed by atoms with Gasteiger partial charge in [-0.3, -0.25) is 14.9 Å². The summed E-state index contributed by atoms with van der Waals surface area (Å²) >= 11 is 0.885. The normalized spacial score (nSPS) is 16.0. The molecule has 0 saturated carbocycles. The maximum atomic E-state index is 14.0. The van der Waals surface area contributed by atoms with Crippen molar-refractivity contribution in [2.45, 2.75) is 6.54 Å². The molecule has 0 spiro atoms. The number of rotatable bonds is 3. The predicted octanol–water partition coefficient (Wildman–Crippen LogP) is 4.15. The lowest BCUT2D eigenvalue weighted by Crippen LogP contribution is -2.17. The van der Waals surface area contributed by atoms with Crippen LogP contribution in [0, 0.1) is 5.82 Å². The van der Waals surface area contributed by atoms with Gasteiger partial charge in [0, 0.05) is 28.2 Å². The second-order valence-electron chi connectivity index (χ2n) is 5.67. The molecule has 25 heavy (non-hydrogen) atoms. The third-order valence-corrected chi connectivity index (χ3v) is 4.86. The number of carbonyl (C=O) groups is 2. The van der Waals surface area contributed by atoms with Crippen molar-refractivity contribution in [1.29, 1.82) is 0 Å². The van der Waals surface area contributed by atoms with Gasteiger partial charge in [-0.05, 0) is 30.0 Å². The predicted molar refractivity (Wildman–Crippen MR) is 96.5 cm³/mol. The van der Waals surface area contributed by atoms with Crippen LogP contribution in [-0.2, 0) is 11.3 Å². The molecule has 6 heteroatoms. The zero-order chi connectivity index (χ0) is 17.4. The Morgan fingerprint density at radius 3 is 2.60 bits per heavy atom. The monoisotopic (exact) mass is 352 g/mol.